The summed E-state index contributed by atoms with van der Waals surface area (Å²) in [6.45, 7) is 4.80. The summed E-state index contributed by atoms with van der Waals surface area (Å²) in [5.74, 6) is 0. The molecule has 2 aliphatic rings. The Morgan fingerprint density at radius 2 is 0.933 bits per heavy atom. The van der Waals surface area contributed by atoms with Crippen LogP contribution in [0.3, 0.4) is 0 Å². The summed E-state index contributed by atoms with van der Waals surface area (Å²) < 4.78 is 2.64. The molecule has 0 saturated carbocycles. The molecule has 1 aromatic heterocycles. The van der Waals surface area contributed by atoms with E-state index in [0.717, 1.165) is 11.4 Å². The standard InChI is InChI=1S/C58H41NS/c1-57(40-18-5-3-6-19-40)49-26-12-9-23-44(49)48-37-43(32-34-51(48)57)59(42-22-15-17-38(35-42)39-31-33-46-45-24-11-14-30-54(45)60-55(46)36-39)53-29-16-28-52-56(53)47-25-10-13-27-50(47)58(52,2)41-20-7-4-8-21-41/h3-37H,1-2H3. The number of rotatable bonds is 6. The zero-order chi connectivity index (χ0) is 40.0. The second-order valence-corrected chi connectivity index (χ2v) is 17.8. The normalized spacial score (nSPS) is 17.3. The molecule has 0 amide bonds. The summed E-state index contributed by atoms with van der Waals surface area (Å²) in [4.78, 5) is 2.52. The van der Waals surface area contributed by atoms with Crippen LogP contribution >= 0.6 is 11.3 Å². The van der Waals surface area contributed by atoms with Crippen molar-refractivity contribution in [2.75, 3.05) is 4.90 Å². The van der Waals surface area contributed by atoms with E-state index in [0.29, 0.717) is 0 Å². The van der Waals surface area contributed by atoms with Crippen LogP contribution in [0.15, 0.2) is 212 Å². The van der Waals surface area contributed by atoms with Crippen molar-refractivity contribution in [1.82, 2.24) is 0 Å². The molecule has 0 bridgehead atoms. The molecule has 2 heteroatoms. The first-order valence-corrected chi connectivity index (χ1v) is 21.7. The molecule has 0 saturated heterocycles. The molecule has 0 spiro atoms. The van der Waals surface area contributed by atoms with E-state index in [-0.39, 0.29) is 10.8 Å². The quantitative estimate of drug-likeness (QED) is 0.162. The van der Waals surface area contributed by atoms with Crippen LogP contribution in [0.4, 0.5) is 17.1 Å². The van der Waals surface area contributed by atoms with Crippen molar-refractivity contribution in [3.8, 4) is 33.4 Å². The van der Waals surface area contributed by atoms with Gasteiger partial charge in [0.1, 0.15) is 0 Å². The number of nitrogens with zero attached hydrogens (tertiary/aromatic N) is 1. The van der Waals surface area contributed by atoms with Crippen molar-refractivity contribution in [2.45, 2.75) is 24.7 Å². The third-order valence-electron chi connectivity index (χ3n) is 13.6. The lowest BCUT2D eigenvalue weighted by atomic mass is 9.74. The first-order chi connectivity index (χ1) is 29.5. The van der Waals surface area contributed by atoms with Crippen molar-refractivity contribution in [1.29, 1.82) is 0 Å². The van der Waals surface area contributed by atoms with Crippen LogP contribution in [0.25, 0.3) is 53.6 Å². The number of fused-ring (bicyclic) bond motifs is 9. The molecule has 0 fully saturated rings. The average molecular weight is 784 g/mol. The Labute approximate surface area is 355 Å². The highest BCUT2D eigenvalue weighted by Gasteiger charge is 2.43. The lowest BCUT2D eigenvalue weighted by Crippen LogP contribution is -2.22. The van der Waals surface area contributed by atoms with E-state index in [4.69, 9.17) is 0 Å². The van der Waals surface area contributed by atoms with Gasteiger partial charge in [-0.3, -0.25) is 0 Å². The highest BCUT2D eigenvalue weighted by atomic mass is 32.1. The zero-order valence-electron chi connectivity index (χ0n) is 33.6. The Kier molecular flexibility index (Phi) is 7.73. The van der Waals surface area contributed by atoms with E-state index in [1.807, 2.05) is 11.3 Å². The number of benzene rings is 9. The molecule has 0 N–H and O–H groups in total. The lowest BCUT2D eigenvalue weighted by Gasteiger charge is -2.31. The van der Waals surface area contributed by atoms with Gasteiger partial charge in [0.05, 0.1) is 5.69 Å². The molecule has 9 aromatic carbocycles. The molecule has 284 valence electrons. The second kappa shape index (κ2) is 13.3. The van der Waals surface area contributed by atoms with E-state index in [9.17, 15) is 0 Å². The smallest absolute Gasteiger partial charge is 0.0543 e. The molecule has 2 atom stereocenters. The van der Waals surface area contributed by atoms with Gasteiger partial charge in [-0.05, 0) is 118 Å². The number of thiophene rings is 1. The maximum Gasteiger partial charge on any atom is 0.0543 e. The maximum atomic E-state index is 2.52. The number of anilines is 3. The summed E-state index contributed by atoms with van der Waals surface area (Å²) >= 11 is 1.87. The van der Waals surface area contributed by atoms with Crippen LogP contribution in [0.5, 0.6) is 0 Å². The summed E-state index contributed by atoms with van der Waals surface area (Å²) in [6.07, 6.45) is 0. The van der Waals surface area contributed by atoms with Gasteiger partial charge in [-0.1, -0.05) is 170 Å². The molecule has 12 rings (SSSR count). The van der Waals surface area contributed by atoms with Gasteiger partial charge in [-0.2, -0.15) is 0 Å². The molecule has 10 aromatic rings. The van der Waals surface area contributed by atoms with E-state index in [1.54, 1.807) is 0 Å². The molecule has 1 nitrogen and oxygen atoms in total. The summed E-state index contributed by atoms with van der Waals surface area (Å²) in [5, 5.41) is 2.64. The Morgan fingerprint density at radius 3 is 1.72 bits per heavy atom. The largest absolute Gasteiger partial charge is 0.310 e. The van der Waals surface area contributed by atoms with Gasteiger partial charge >= 0.3 is 0 Å². The predicted molar refractivity (Wildman–Crippen MR) is 254 cm³/mol. The van der Waals surface area contributed by atoms with Crippen LogP contribution in [0, 0.1) is 0 Å². The van der Waals surface area contributed by atoms with Gasteiger partial charge in [-0.15, -0.1) is 11.3 Å². The molecule has 0 aliphatic heterocycles. The second-order valence-electron chi connectivity index (χ2n) is 16.7. The van der Waals surface area contributed by atoms with Gasteiger partial charge < -0.3 is 4.90 Å². The number of hydrogen-bond donors (Lipinski definition) is 0. The number of hydrogen-bond acceptors (Lipinski definition) is 2. The molecule has 1 heterocycles. The molecular weight excluding hydrogens is 743 g/mol. The SMILES string of the molecule is CC1(c2ccccc2)c2ccccc2-c2cc(N(c3cccc(-c4ccc5c(c4)sc4ccccc45)c3)c3cccc4c3-c3ccccc3C4(C)c3ccccc3)ccc21. The minimum absolute atomic E-state index is 0.272. The Hall–Kier alpha value is -7.00. The van der Waals surface area contributed by atoms with Crippen LogP contribution < -0.4 is 4.90 Å². The third kappa shape index (κ3) is 4.98. The topological polar surface area (TPSA) is 3.24 Å². The Bertz CT molecular complexity index is 3310. The van der Waals surface area contributed by atoms with E-state index < -0.39 is 0 Å². The molecular formula is C58H41NS. The first-order valence-electron chi connectivity index (χ1n) is 20.9. The van der Waals surface area contributed by atoms with Crippen molar-refractivity contribution in [3.63, 3.8) is 0 Å². The summed E-state index contributed by atoms with van der Waals surface area (Å²) in [6, 6.07) is 79.1. The fourth-order valence-corrected chi connectivity index (χ4v) is 11.8. The highest BCUT2D eigenvalue weighted by Crippen LogP contribution is 2.58. The van der Waals surface area contributed by atoms with Gasteiger partial charge in [0.2, 0.25) is 0 Å². The van der Waals surface area contributed by atoms with E-state index in [1.165, 1.54) is 92.6 Å². The van der Waals surface area contributed by atoms with Crippen molar-refractivity contribution in [2.24, 2.45) is 0 Å². The van der Waals surface area contributed by atoms with Crippen LogP contribution in [0.2, 0.25) is 0 Å². The van der Waals surface area contributed by atoms with Crippen LogP contribution in [-0.4, -0.2) is 0 Å². The molecule has 60 heavy (non-hydrogen) atoms. The van der Waals surface area contributed by atoms with Gasteiger partial charge in [0, 0.05) is 47.9 Å². The highest BCUT2D eigenvalue weighted by molar-refractivity contribution is 7.25. The average Bonchev–Trinajstić information content (AvgIpc) is 3.91. The van der Waals surface area contributed by atoms with Gasteiger partial charge in [0.15, 0.2) is 0 Å². The van der Waals surface area contributed by atoms with Crippen LogP contribution in [-0.2, 0) is 10.8 Å². The summed E-state index contributed by atoms with van der Waals surface area (Å²) in [5.41, 5.74) is 18.4. The monoisotopic (exact) mass is 783 g/mol. The fourth-order valence-electron chi connectivity index (χ4n) is 10.7. The van der Waals surface area contributed by atoms with Crippen molar-refractivity contribution >= 4 is 48.6 Å². The van der Waals surface area contributed by atoms with Crippen molar-refractivity contribution < 1.29 is 0 Å². The van der Waals surface area contributed by atoms with Gasteiger partial charge in [-0.25, -0.2) is 0 Å². The molecule has 0 radical (unpaired) electrons. The van der Waals surface area contributed by atoms with Crippen molar-refractivity contribution in [3.05, 3.63) is 246 Å². The van der Waals surface area contributed by atoms with Gasteiger partial charge in [0.25, 0.3) is 0 Å². The van der Waals surface area contributed by atoms with E-state index in [2.05, 4.69) is 231 Å². The predicted octanol–water partition coefficient (Wildman–Crippen LogP) is 15.9. The zero-order valence-corrected chi connectivity index (χ0v) is 34.4. The van der Waals surface area contributed by atoms with E-state index >= 15 is 0 Å². The minimum atomic E-state index is -0.315. The first kappa shape index (κ1) is 35.0. The molecule has 2 aliphatic carbocycles. The third-order valence-corrected chi connectivity index (χ3v) is 14.8. The Balaban J connectivity index is 1.09. The summed E-state index contributed by atoms with van der Waals surface area (Å²) in [7, 11) is 0. The minimum Gasteiger partial charge on any atom is -0.310 e. The van der Waals surface area contributed by atoms with Crippen LogP contribution in [0.1, 0.15) is 47.2 Å². The fraction of sp³-hybridized carbons (Fsp3) is 0.0690. The maximum absolute atomic E-state index is 2.52. The lowest BCUT2D eigenvalue weighted by molar-refractivity contribution is 0.713. The molecule has 2 unspecified atom stereocenters. The Morgan fingerprint density at radius 1 is 0.367 bits per heavy atom.